The minimum Gasteiger partial charge on any atom is -0.337 e. The number of nitrogens with one attached hydrogen (secondary N) is 2. The number of nitrogens with zero attached hydrogens (tertiary/aromatic N) is 3. The quantitative estimate of drug-likeness (QED) is 0.824. The van der Waals surface area contributed by atoms with E-state index in [1.165, 1.54) is 0 Å². The van der Waals surface area contributed by atoms with E-state index in [0.29, 0.717) is 12.5 Å². The zero-order valence-corrected chi connectivity index (χ0v) is 15.0. The lowest BCUT2D eigenvalue weighted by Crippen LogP contribution is -2.53. The van der Waals surface area contributed by atoms with Gasteiger partial charge in [-0.05, 0) is 37.3 Å². The van der Waals surface area contributed by atoms with Gasteiger partial charge in [-0.1, -0.05) is 6.07 Å². The summed E-state index contributed by atoms with van der Waals surface area (Å²) < 4.78 is 38.6. The predicted octanol–water partition coefficient (Wildman–Crippen LogP) is 1.30. The second-order valence-corrected chi connectivity index (χ2v) is 7.77. The molecule has 2 unspecified atom stereocenters. The Kier molecular flexibility index (Phi) is 5.09. The summed E-state index contributed by atoms with van der Waals surface area (Å²) in [4.78, 5) is 21.4. The molecule has 4 aliphatic heterocycles. The highest BCUT2D eigenvalue weighted by Gasteiger charge is 2.48. The molecule has 148 valence electrons. The van der Waals surface area contributed by atoms with Gasteiger partial charge in [0.15, 0.2) is 0 Å². The van der Waals surface area contributed by atoms with Crippen molar-refractivity contribution < 1.29 is 18.0 Å². The Balaban J connectivity index is 1.41. The molecule has 1 aromatic rings. The Hall–Kier alpha value is -1.71. The summed E-state index contributed by atoms with van der Waals surface area (Å²) in [5.74, 6) is 0.132. The number of fused-ring (bicyclic) bond motifs is 4. The average molecular weight is 383 g/mol. The van der Waals surface area contributed by atoms with Gasteiger partial charge in [0, 0.05) is 38.4 Å². The van der Waals surface area contributed by atoms with E-state index in [-0.39, 0.29) is 18.4 Å². The molecule has 0 radical (unpaired) electrons. The molecule has 0 saturated carbocycles. The molecule has 5 rings (SSSR count). The first kappa shape index (κ1) is 18.6. The summed E-state index contributed by atoms with van der Waals surface area (Å²) in [5, 5.41) is 0. The van der Waals surface area contributed by atoms with E-state index in [0.717, 1.165) is 38.2 Å². The molecule has 0 aromatic carbocycles. The first-order valence-electron chi connectivity index (χ1n) is 9.40. The number of pyridine rings is 1. The van der Waals surface area contributed by atoms with Crippen molar-refractivity contribution >= 4 is 5.91 Å². The third kappa shape index (κ3) is 4.09. The Morgan fingerprint density at radius 3 is 2.74 bits per heavy atom. The normalized spacial score (nSPS) is 31.9. The molecule has 4 fully saturated rings. The lowest BCUT2D eigenvalue weighted by atomic mass is 9.94. The first-order chi connectivity index (χ1) is 12.9. The topological polar surface area (TPSA) is 60.5 Å². The number of piperidine rings is 1. The van der Waals surface area contributed by atoms with Crippen molar-refractivity contribution in [2.45, 2.75) is 50.1 Å². The molecular formula is C18H24F3N5O. The van der Waals surface area contributed by atoms with Crippen LogP contribution < -0.4 is 10.9 Å². The molecule has 0 aliphatic carbocycles. The maximum absolute atomic E-state index is 12.9. The molecule has 6 nitrogen and oxygen atoms in total. The molecule has 4 saturated heterocycles. The minimum absolute atomic E-state index is 0.0479. The van der Waals surface area contributed by atoms with Crippen LogP contribution >= 0.6 is 0 Å². The van der Waals surface area contributed by atoms with Crippen LogP contribution in [0.15, 0.2) is 24.4 Å². The molecule has 1 aromatic heterocycles. The van der Waals surface area contributed by atoms with E-state index < -0.39 is 18.3 Å². The van der Waals surface area contributed by atoms with Crippen LogP contribution in [0.2, 0.25) is 0 Å². The molecule has 0 spiro atoms. The molecule has 4 atom stereocenters. The number of hydrogen-bond donors (Lipinski definition) is 2. The highest BCUT2D eigenvalue weighted by atomic mass is 19.4. The summed E-state index contributed by atoms with van der Waals surface area (Å²) in [6, 6.07) is 3.39. The molecule has 27 heavy (non-hydrogen) atoms. The summed E-state index contributed by atoms with van der Waals surface area (Å²) in [5.41, 5.74) is 5.78. The van der Waals surface area contributed by atoms with Crippen molar-refractivity contribution in [1.29, 1.82) is 0 Å². The van der Waals surface area contributed by atoms with Crippen LogP contribution in [0, 0.1) is 5.92 Å². The van der Waals surface area contributed by atoms with Gasteiger partial charge in [-0.2, -0.15) is 13.2 Å². The number of hydrazine groups is 1. The maximum Gasteiger partial charge on any atom is 0.405 e. The Labute approximate surface area is 156 Å². The number of hydrogen-bond acceptors (Lipinski definition) is 5. The molecular weight excluding hydrogens is 359 g/mol. The predicted molar refractivity (Wildman–Crippen MR) is 92.3 cm³/mol. The SMILES string of the molecule is O=C(C1CC(C(F)(F)F)NN1)N1C[C@H]2CC[C@@H]1CN(Cc1ccccn1)C2. The molecule has 9 heteroatoms. The zero-order valence-electron chi connectivity index (χ0n) is 15.0. The van der Waals surface area contributed by atoms with Crippen molar-refractivity contribution in [1.82, 2.24) is 25.6 Å². The standard InChI is InChI=1S/C18H24F3N5O/c19-18(20,21)16-7-15(23-24-16)17(27)26-9-12-4-5-14(26)11-25(8-12)10-13-3-1-2-6-22-13/h1-3,6,12,14-16,23-24H,4-5,7-11H2/t12-,14+,15?,16?/m0/s1. The van der Waals surface area contributed by atoms with E-state index in [1.807, 2.05) is 23.1 Å². The van der Waals surface area contributed by atoms with Crippen LogP contribution in [0.25, 0.3) is 0 Å². The van der Waals surface area contributed by atoms with Crippen LogP contribution in [0.1, 0.15) is 25.0 Å². The van der Waals surface area contributed by atoms with Gasteiger partial charge in [0.25, 0.3) is 0 Å². The van der Waals surface area contributed by atoms with Crippen LogP contribution in [0.4, 0.5) is 13.2 Å². The van der Waals surface area contributed by atoms with Crippen molar-refractivity contribution in [2.75, 3.05) is 19.6 Å². The smallest absolute Gasteiger partial charge is 0.337 e. The van der Waals surface area contributed by atoms with Gasteiger partial charge in [0.1, 0.15) is 12.1 Å². The zero-order chi connectivity index (χ0) is 19.0. The second-order valence-electron chi connectivity index (χ2n) is 7.77. The van der Waals surface area contributed by atoms with Gasteiger partial charge in [-0.15, -0.1) is 0 Å². The third-order valence-corrected chi connectivity index (χ3v) is 5.78. The molecule has 1 amide bonds. The van der Waals surface area contributed by atoms with Crippen LogP contribution in [-0.4, -0.2) is 64.6 Å². The van der Waals surface area contributed by atoms with Gasteiger partial charge in [0.2, 0.25) is 5.91 Å². The number of carbonyl (C=O) groups excluding carboxylic acids is 1. The maximum atomic E-state index is 12.9. The highest BCUT2D eigenvalue weighted by molar-refractivity contribution is 5.82. The number of halogens is 3. The van der Waals surface area contributed by atoms with E-state index in [4.69, 9.17) is 0 Å². The van der Waals surface area contributed by atoms with Gasteiger partial charge in [0.05, 0.1) is 5.69 Å². The van der Waals surface area contributed by atoms with Gasteiger partial charge in [-0.25, -0.2) is 10.9 Å². The van der Waals surface area contributed by atoms with Crippen molar-refractivity contribution in [3.63, 3.8) is 0 Å². The van der Waals surface area contributed by atoms with Crippen molar-refractivity contribution in [3.8, 4) is 0 Å². The van der Waals surface area contributed by atoms with E-state index in [1.54, 1.807) is 6.20 Å². The number of aromatic nitrogens is 1. The third-order valence-electron chi connectivity index (χ3n) is 5.78. The summed E-state index contributed by atoms with van der Waals surface area (Å²) in [6.07, 6.45) is -0.882. The number of alkyl halides is 3. The fourth-order valence-electron chi connectivity index (χ4n) is 4.43. The van der Waals surface area contributed by atoms with Crippen molar-refractivity contribution in [3.05, 3.63) is 30.1 Å². The number of rotatable bonds is 3. The number of carbonyl (C=O) groups is 1. The Morgan fingerprint density at radius 1 is 1.19 bits per heavy atom. The summed E-state index contributed by atoms with van der Waals surface area (Å²) >= 11 is 0. The highest BCUT2D eigenvalue weighted by Crippen LogP contribution is 2.31. The van der Waals surface area contributed by atoms with Gasteiger partial charge >= 0.3 is 6.18 Å². The Bertz CT molecular complexity index is 671. The van der Waals surface area contributed by atoms with Crippen LogP contribution in [0.3, 0.4) is 0 Å². The van der Waals surface area contributed by atoms with Crippen LogP contribution in [-0.2, 0) is 11.3 Å². The molecule has 4 aliphatic rings. The van der Waals surface area contributed by atoms with Gasteiger partial charge < -0.3 is 4.90 Å². The fourth-order valence-corrected chi connectivity index (χ4v) is 4.43. The minimum atomic E-state index is -4.35. The second kappa shape index (κ2) is 7.37. The molecule has 2 N–H and O–H groups in total. The summed E-state index contributed by atoms with van der Waals surface area (Å²) in [7, 11) is 0. The van der Waals surface area contributed by atoms with E-state index in [9.17, 15) is 18.0 Å². The summed E-state index contributed by atoms with van der Waals surface area (Å²) in [6.45, 7) is 2.98. The van der Waals surface area contributed by atoms with E-state index in [2.05, 4.69) is 20.7 Å². The molecule has 5 heterocycles. The average Bonchev–Trinajstić information content (AvgIpc) is 2.99. The van der Waals surface area contributed by atoms with Crippen molar-refractivity contribution in [2.24, 2.45) is 5.92 Å². The largest absolute Gasteiger partial charge is 0.405 e. The fraction of sp³-hybridized carbons (Fsp3) is 0.667. The van der Waals surface area contributed by atoms with Crippen LogP contribution in [0.5, 0.6) is 0 Å². The lowest BCUT2D eigenvalue weighted by Gasteiger charge is -2.37. The molecule has 2 bridgehead atoms. The Morgan fingerprint density at radius 2 is 2.04 bits per heavy atom. The monoisotopic (exact) mass is 383 g/mol. The van der Waals surface area contributed by atoms with Gasteiger partial charge in [-0.3, -0.25) is 14.7 Å². The lowest BCUT2D eigenvalue weighted by molar-refractivity contribution is -0.153. The first-order valence-corrected chi connectivity index (χ1v) is 9.40. The van der Waals surface area contributed by atoms with E-state index >= 15 is 0 Å². The number of amides is 1.